The van der Waals surface area contributed by atoms with Crippen molar-refractivity contribution in [2.75, 3.05) is 7.11 Å². The number of rotatable bonds is 4. The third-order valence-electron chi connectivity index (χ3n) is 1.60. The quantitative estimate of drug-likeness (QED) is 0.562. The topological polar surface area (TPSA) is 64.4 Å². The Labute approximate surface area is 75.4 Å². The Hall–Kier alpha value is -1.46. The van der Waals surface area contributed by atoms with Crippen molar-refractivity contribution in [1.82, 2.24) is 5.48 Å². The summed E-state index contributed by atoms with van der Waals surface area (Å²) in [7, 11) is 1.47. The summed E-state index contributed by atoms with van der Waals surface area (Å²) in [5.41, 5.74) is 3.26. The van der Waals surface area contributed by atoms with Gasteiger partial charge in [0, 0.05) is 11.6 Å². The van der Waals surface area contributed by atoms with Crippen molar-refractivity contribution in [3.8, 4) is 0 Å². The second kappa shape index (κ2) is 4.54. The third kappa shape index (κ3) is 2.50. The highest BCUT2D eigenvalue weighted by Gasteiger charge is 2.10. The Kier molecular flexibility index (Phi) is 3.36. The molecule has 1 N–H and O–H groups in total. The van der Waals surface area contributed by atoms with Gasteiger partial charge >= 0.3 is 0 Å². The molecule has 1 aromatic rings. The predicted octanol–water partition coefficient (Wildman–Crippen LogP) is 1.25. The van der Waals surface area contributed by atoms with Crippen LogP contribution in [0.5, 0.6) is 0 Å². The first-order valence-corrected chi connectivity index (χ1v) is 3.74. The zero-order valence-electron chi connectivity index (χ0n) is 7.19. The number of hydroxylamine groups is 1. The summed E-state index contributed by atoms with van der Waals surface area (Å²) in [5.74, 6) is 0. The van der Waals surface area contributed by atoms with Crippen molar-refractivity contribution in [1.29, 1.82) is 0 Å². The first-order chi connectivity index (χ1) is 6.25. The molecule has 0 aliphatic carbocycles. The fourth-order valence-electron chi connectivity index (χ4n) is 0.988. The Morgan fingerprint density at radius 3 is 2.85 bits per heavy atom. The van der Waals surface area contributed by atoms with Gasteiger partial charge in [-0.25, -0.2) is 0 Å². The summed E-state index contributed by atoms with van der Waals surface area (Å²) in [4.78, 5) is 14.7. The van der Waals surface area contributed by atoms with Gasteiger partial charge in [-0.2, -0.15) is 5.48 Å². The molecular formula is C8H10N2O3. The number of benzene rings is 1. The summed E-state index contributed by atoms with van der Waals surface area (Å²) in [6.45, 7) is 0.327. The van der Waals surface area contributed by atoms with Crippen molar-refractivity contribution in [3.05, 3.63) is 39.9 Å². The van der Waals surface area contributed by atoms with E-state index in [-0.39, 0.29) is 5.69 Å². The number of nitrogens with zero attached hydrogens (tertiary/aromatic N) is 1. The summed E-state index contributed by atoms with van der Waals surface area (Å²) in [6.07, 6.45) is 0. The van der Waals surface area contributed by atoms with E-state index in [0.29, 0.717) is 12.1 Å². The fourth-order valence-corrected chi connectivity index (χ4v) is 0.988. The van der Waals surface area contributed by atoms with Gasteiger partial charge in [-0.1, -0.05) is 18.2 Å². The van der Waals surface area contributed by atoms with Crippen LogP contribution < -0.4 is 5.48 Å². The van der Waals surface area contributed by atoms with Crippen LogP contribution >= 0.6 is 0 Å². The van der Waals surface area contributed by atoms with E-state index >= 15 is 0 Å². The molecule has 5 nitrogen and oxygen atoms in total. The molecule has 0 aliphatic rings. The van der Waals surface area contributed by atoms with E-state index in [2.05, 4.69) is 10.3 Å². The summed E-state index contributed by atoms with van der Waals surface area (Å²) in [5, 5.41) is 10.5. The van der Waals surface area contributed by atoms with E-state index in [0.717, 1.165) is 0 Å². The molecule has 0 saturated heterocycles. The number of hydrogen-bond acceptors (Lipinski definition) is 4. The van der Waals surface area contributed by atoms with Crippen molar-refractivity contribution < 1.29 is 9.76 Å². The molecule has 0 aliphatic heterocycles. The van der Waals surface area contributed by atoms with Crippen LogP contribution in [-0.2, 0) is 11.4 Å². The lowest BCUT2D eigenvalue weighted by atomic mass is 10.2. The summed E-state index contributed by atoms with van der Waals surface area (Å²) >= 11 is 0. The van der Waals surface area contributed by atoms with Gasteiger partial charge in [0.1, 0.15) is 0 Å². The van der Waals surface area contributed by atoms with Crippen molar-refractivity contribution in [2.24, 2.45) is 0 Å². The second-order valence-electron chi connectivity index (χ2n) is 2.41. The SMILES string of the molecule is CONCc1ccccc1[N+](=O)[O-]. The standard InChI is InChI=1S/C8H10N2O3/c1-13-9-6-7-4-2-3-5-8(7)10(11)12/h2-5,9H,6H2,1H3. The smallest absolute Gasteiger partial charge is 0.273 e. The van der Waals surface area contributed by atoms with E-state index in [1.807, 2.05) is 0 Å². The van der Waals surface area contributed by atoms with E-state index in [1.54, 1.807) is 18.2 Å². The van der Waals surface area contributed by atoms with Crippen LogP contribution in [0.25, 0.3) is 0 Å². The number of nitrogens with one attached hydrogen (secondary N) is 1. The number of hydrogen-bond donors (Lipinski definition) is 1. The Balaban J connectivity index is 2.84. The molecule has 5 heteroatoms. The van der Waals surface area contributed by atoms with Crippen LogP contribution in [-0.4, -0.2) is 12.0 Å². The monoisotopic (exact) mass is 182 g/mol. The molecule has 13 heavy (non-hydrogen) atoms. The van der Waals surface area contributed by atoms with Crippen LogP contribution in [0.1, 0.15) is 5.56 Å². The zero-order valence-corrected chi connectivity index (χ0v) is 7.19. The highest BCUT2D eigenvalue weighted by atomic mass is 16.6. The van der Waals surface area contributed by atoms with Gasteiger partial charge in [-0.3, -0.25) is 10.1 Å². The number of para-hydroxylation sites is 1. The molecular weight excluding hydrogens is 172 g/mol. The second-order valence-corrected chi connectivity index (χ2v) is 2.41. The van der Waals surface area contributed by atoms with Crippen LogP contribution in [0.15, 0.2) is 24.3 Å². The highest BCUT2D eigenvalue weighted by molar-refractivity contribution is 5.39. The van der Waals surface area contributed by atoms with Gasteiger partial charge in [0.2, 0.25) is 0 Å². The van der Waals surface area contributed by atoms with Gasteiger partial charge < -0.3 is 4.84 Å². The molecule has 0 unspecified atom stereocenters. The van der Waals surface area contributed by atoms with Crippen molar-refractivity contribution in [3.63, 3.8) is 0 Å². The largest absolute Gasteiger partial charge is 0.305 e. The minimum Gasteiger partial charge on any atom is -0.305 e. The van der Waals surface area contributed by atoms with Crippen LogP contribution in [0.4, 0.5) is 5.69 Å². The molecule has 0 atom stereocenters. The molecule has 0 bridgehead atoms. The van der Waals surface area contributed by atoms with Crippen LogP contribution in [0, 0.1) is 10.1 Å². The lowest BCUT2D eigenvalue weighted by Crippen LogP contribution is -2.11. The zero-order chi connectivity index (χ0) is 9.68. The molecule has 1 rings (SSSR count). The maximum atomic E-state index is 10.5. The highest BCUT2D eigenvalue weighted by Crippen LogP contribution is 2.16. The predicted molar refractivity (Wildman–Crippen MR) is 46.9 cm³/mol. The first-order valence-electron chi connectivity index (χ1n) is 3.74. The van der Waals surface area contributed by atoms with E-state index in [4.69, 9.17) is 0 Å². The normalized spacial score (nSPS) is 9.92. The maximum absolute atomic E-state index is 10.5. The Morgan fingerprint density at radius 1 is 1.54 bits per heavy atom. The third-order valence-corrected chi connectivity index (χ3v) is 1.60. The van der Waals surface area contributed by atoms with Gasteiger partial charge in [-0.05, 0) is 0 Å². The lowest BCUT2D eigenvalue weighted by Gasteiger charge is -2.02. The number of nitro benzene ring substituents is 1. The van der Waals surface area contributed by atoms with Gasteiger partial charge in [0.25, 0.3) is 5.69 Å². The molecule has 70 valence electrons. The molecule has 0 spiro atoms. The minimum absolute atomic E-state index is 0.104. The summed E-state index contributed by atoms with van der Waals surface area (Å²) in [6, 6.07) is 6.53. The molecule has 0 saturated carbocycles. The summed E-state index contributed by atoms with van der Waals surface area (Å²) < 4.78 is 0. The molecule has 0 amide bonds. The first kappa shape index (κ1) is 9.63. The molecule has 0 aromatic heterocycles. The molecule has 0 radical (unpaired) electrons. The Bertz CT molecular complexity index is 301. The van der Waals surface area contributed by atoms with E-state index in [9.17, 15) is 10.1 Å². The lowest BCUT2D eigenvalue weighted by molar-refractivity contribution is -0.385. The minimum atomic E-state index is -0.410. The molecule has 0 heterocycles. The average Bonchev–Trinajstić information content (AvgIpc) is 2.15. The Morgan fingerprint density at radius 2 is 2.23 bits per heavy atom. The van der Waals surface area contributed by atoms with Gasteiger partial charge in [0.15, 0.2) is 0 Å². The number of nitro groups is 1. The average molecular weight is 182 g/mol. The van der Waals surface area contributed by atoms with Crippen molar-refractivity contribution in [2.45, 2.75) is 6.54 Å². The van der Waals surface area contributed by atoms with Gasteiger partial charge in [-0.15, -0.1) is 0 Å². The van der Waals surface area contributed by atoms with Crippen LogP contribution in [0.3, 0.4) is 0 Å². The molecule has 0 fully saturated rings. The van der Waals surface area contributed by atoms with Crippen LogP contribution in [0.2, 0.25) is 0 Å². The van der Waals surface area contributed by atoms with E-state index in [1.165, 1.54) is 13.2 Å². The maximum Gasteiger partial charge on any atom is 0.273 e. The van der Waals surface area contributed by atoms with Gasteiger partial charge in [0.05, 0.1) is 18.6 Å². The fraction of sp³-hybridized carbons (Fsp3) is 0.250. The van der Waals surface area contributed by atoms with E-state index < -0.39 is 4.92 Å². The molecule has 1 aromatic carbocycles. The van der Waals surface area contributed by atoms with Crippen molar-refractivity contribution >= 4 is 5.69 Å².